The van der Waals surface area contributed by atoms with Crippen LogP contribution >= 0.6 is 11.8 Å². The van der Waals surface area contributed by atoms with Crippen LogP contribution in [0.5, 0.6) is 0 Å². The Balaban J connectivity index is 1.70. The van der Waals surface area contributed by atoms with Gasteiger partial charge in [0, 0.05) is 11.3 Å². The van der Waals surface area contributed by atoms with Crippen molar-refractivity contribution in [2.75, 3.05) is 13.2 Å². The molecule has 2 amide bonds. The highest BCUT2D eigenvalue weighted by Crippen LogP contribution is 2.66. The van der Waals surface area contributed by atoms with Crippen LogP contribution < -0.4 is 5.32 Å². The van der Waals surface area contributed by atoms with Crippen molar-refractivity contribution in [3.05, 3.63) is 0 Å². The Labute approximate surface area is 195 Å². The van der Waals surface area contributed by atoms with Crippen molar-refractivity contribution in [3.63, 3.8) is 0 Å². The van der Waals surface area contributed by atoms with Crippen LogP contribution in [-0.4, -0.2) is 69.1 Å². The van der Waals surface area contributed by atoms with Gasteiger partial charge in [-0.25, -0.2) is 0 Å². The first-order chi connectivity index (χ1) is 15.4. The molecule has 4 rings (SSSR count). The summed E-state index contributed by atoms with van der Waals surface area (Å²) in [5.74, 6) is -1.58. The first kappa shape index (κ1) is 23.9. The summed E-state index contributed by atoms with van der Waals surface area (Å²) in [7, 11) is 0. The van der Waals surface area contributed by atoms with Crippen molar-refractivity contribution in [1.29, 1.82) is 0 Å². The van der Waals surface area contributed by atoms with Crippen LogP contribution in [0.25, 0.3) is 0 Å². The van der Waals surface area contributed by atoms with Crippen LogP contribution in [0.1, 0.15) is 72.1 Å². The Morgan fingerprint density at radius 2 is 1.97 bits per heavy atom. The topological polar surface area (TPSA) is 95.9 Å². The lowest BCUT2D eigenvalue weighted by Gasteiger charge is -2.40. The lowest BCUT2D eigenvalue weighted by molar-refractivity contribution is -0.154. The number of likely N-dealkylation sites (tertiary alicyclic amines) is 1. The number of carbonyl (C=O) groups is 3. The van der Waals surface area contributed by atoms with Crippen LogP contribution in [0.3, 0.4) is 0 Å². The van der Waals surface area contributed by atoms with Gasteiger partial charge in [-0.05, 0) is 38.5 Å². The summed E-state index contributed by atoms with van der Waals surface area (Å²) in [6.45, 7) is 5.92. The summed E-state index contributed by atoms with van der Waals surface area (Å²) >= 11 is 1.66. The average Bonchev–Trinajstić information content (AvgIpc) is 3.43. The normalized spacial score (nSPS) is 36.1. The number of ether oxygens (including phenoxy) is 1. The van der Waals surface area contributed by atoms with E-state index in [1.807, 2.05) is 13.8 Å². The molecule has 2 bridgehead atoms. The number of rotatable bonds is 8. The van der Waals surface area contributed by atoms with Gasteiger partial charge in [-0.1, -0.05) is 39.5 Å². The number of fused-ring (bicyclic) bond motifs is 1. The standard InChI is InChI=1S/C24H38N2O5S/c1-4-14(3)16(13-27)26-20(21(28)25-15-9-7-6-8-10-15)24-12-11-17(32-24)18(19(24)22(26)29)23(30)31-5-2/h14-20,27H,4-13H2,1-3H3,(H,25,28)/t14-,16-,17+,18-,19-,20?,24?/m0/s1. The van der Waals surface area contributed by atoms with E-state index in [9.17, 15) is 19.5 Å². The highest BCUT2D eigenvalue weighted by atomic mass is 32.2. The summed E-state index contributed by atoms with van der Waals surface area (Å²) in [5.41, 5.74) is 0. The zero-order valence-electron chi connectivity index (χ0n) is 19.5. The lowest BCUT2D eigenvalue weighted by Crippen LogP contribution is -2.59. The Morgan fingerprint density at radius 1 is 1.25 bits per heavy atom. The van der Waals surface area contributed by atoms with E-state index in [-0.39, 0.29) is 48.2 Å². The molecule has 0 aromatic rings. The molecule has 7 nitrogen and oxygen atoms in total. The molecule has 0 radical (unpaired) electrons. The van der Waals surface area contributed by atoms with Gasteiger partial charge in [0.15, 0.2) is 0 Å². The van der Waals surface area contributed by atoms with Crippen molar-refractivity contribution in [1.82, 2.24) is 10.2 Å². The minimum Gasteiger partial charge on any atom is -0.466 e. The monoisotopic (exact) mass is 466 g/mol. The molecule has 1 aliphatic carbocycles. The molecule has 0 aromatic carbocycles. The third-order valence-electron chi connectivity index (χ3n) is 8.34. The zero-order valence-corrected chi connectivity index (χ0v) is 20.4. The molecule has 4 aliphatic rings. The van der Waals surface area contributed by atoms with Crippen LogP contribution in [0.4, 0.5) is 0 Å². The molecule has 0 aromatic heterocycles. The van der Waals surface area contributed by atoms with E-state index in [1.54, 1.807) is 23.6 Å². The van der Waals surface area contributed by atoms with Crippen LogP contribution in [-0.2, 0) is 19.1 Å². The molecule has 3 heterocycles. The molecule has 32 heavy (non-hydrogen) atoms. The molecule has 2 unspecified atom stereocenters. The van der Waals surface area contributed by atoms with Gasteiger partial charge in [-0.15, -0.1) is 11.8 Å². The molecule has 1 saturated carbocycles. The Kier molecular flexibility index (Phi) is 7.11. The summed E-state index contributed by atoms with van der Waals surface area (Å²) in [5, 5.41) is 13.6. The lowest BCUT2D eigenvalue weighted by atomic mass is 9.71. The predicted octanol–water partition coefficient (Wildman–Crippen LogP) is 2.50. The SMILES string of the molecule is CCOC(=O)[C@@H]1[C@H]2C(=O)N([C@@H](CO)[C@@H](C)CC)C(C(=O)NC3CCCCC3)C23CC[C@H]1S3. The number of hydrogen-bond acceptors (Lipinski definition) is 6. The zero-order chi connectivity index (χ0) is 23.0. The second kappa shape index (κ2) is 9.53. The van der Waals surface area contributed by atoms with Crippen LogP contribution in [0.2, 0.25) is 0 Å². The third kappa shape index (κ3) is 3.75. The van der Waals surface area contributed by atoms with Crippen molar-refractivity contribution in [2.45, 2.75) is 100 Å². The summed E-state index contributed by atoms with van der Waals surface area (Å²) in [6, 6.07) is -0.941. The minimum atomic E-state index is -0.650. The van der Waals surface area contributed by atoms with Crippen LogP contribution in [0.15, 0.2) is 0 Å². The van der Waals surface area contributed by atoms with Crippen molar-refractivity contribution in [2.24, 2.45) is 17.8 Å². The smallest absolute Gasteiger partial charge is 0.310 e. The number of hydrogen-bond donors (Lipinski definition) is 2. The number of amides is 2. The van der Waals surface area contributed by atoms with E-state index in [0.29, 0.717) is 0 Å². The molecule has 1 spiro atoms. The quantitative estimate of drug-likeness (QED) is 0.534. The highest BCUT2D eigenvalue weighted by molar-refractivity contribution is 8.02. The van der Waals surface area contributed by atoms with Gasteiger partial charge in [0.2, 0.25) is 11.8 Å². The van der Waals surface area contributed by atoms with E-state index >= 15 is 0 Å². The van der Waals surface area contributed by atoms with Gasteiger partial charge in [-0.2, -0.15) is 0 Å². The average molecular weight is 467 g/mol. The Hall–Kier alpha value is -1.28. The minimum absolute atomic E-state index is 0.0197. The number of nitrogens with zero attached hydrogens (tertiary/aromatic N) is 1. The second-order valence-corrected chi connectivity index (χ2v) is 11.6. The first-order valence-corrected chi connectivity index (χ1v) is 13.3. The summed E-state index contributed by atoms with van der Waals surface area (Å²) in [6.07, 6.45) is 7.71. The molecule has 3 saturated heterocycles. The fraction of sp³-hybridized carbons (Fsp3) is 0.875. The predicted molar refractivity (Wildman–Crippen MR) is 123 cm³/mol. The van der Waals surface area contributed by atoms with E-state index in [1.165, 1.54) is 6.42 Å². The maximum atomic E-state index is 13.9. The summed E-state index contributed by atoms with van der Waals surface area (Å²) in [4.78, 5) is 42.3. The van der Waals surface area contributed by atoms with Gasteiger partial charge in [-0.3, -0.25) is 14.4 Å². The van der Waals surface area contributed by atoms with E-state index in [4.69, 9.17) is 4.74 Å². The van der Waals surface area contributed by atoms with Gasteiger partial charge in [0.05, 0.1) is 35.8 Å². The van der Waals surface area contributed by atoms with Gasteiger partial charge >= 0.3 is 5.97 Å². The number of nitrogens with one attached hydrogen (secondary N) is 1. The number of aliphatic hydroxyl groups is 1. The number of thioether (sulfide) groups is 1. The second-order valence-electron chi connectivity index (χ2n) is 10.0. The Bertz CT molecular complexity index is 742. The molecule has 7 atom stereocenters. The maximum absolute atomic E-state index is 13.9. The fourth-order valence-electron chi connectivity index (χ4n) is 6.60. The van der Waals surface area contributed by atoms with Crippen molar-refractivity contribution >= 4 is 29.5 Å². The van der Waals surface area contributed by atoms with E-state index in [2.05, 4.69) is 5.32 Å². The fourth-order valence-corrected chi connectivity index (χ4v) is 8.79. The first-order valence-electron chi connectivity index (χ1n) is 12.5. The van der Waals surface area contributed by atoms with Gasteiger partial charge in [0.1, 0.15) is 6.04 Å². The highest BCUT2D eigenvalue weighted by Gasteiger charge is 2.74. The van der Waals surface area contributed by atoms with E-state index < -0.39 is 28.7 Å². The Morgan fingerprint density at radius 3 is 2.59 bits per heavy atom. The van der Waals surface area contributed by atoms with Gasteiger partial charge < -0.3 is 20.1 Å². The number of aliphatic hydroxyl groups excluding tert-OH is 1. The molecular formula is C24H38N2O5S. The van der Waals surface area contributed by atoms with Gasteiger partial charge in [0.25, 0.3) is 0 Å². The molecular weight excluding hydrogens is 428 g/mol. The maximum Gasteiger partial charge on any atom is 0.310 e. The number of carbonyl (C=O) groups excluding carboxylic acids is 3. The molecule has 2 N–H and O–H groups in total. The third-order valence-corrected chi connectivity index (χ3v) is 10.3. The van der Waals surface area contributed by atoms with E-state index in [0.717, 1.165) is 44.9 Å². The molecule has 3 aliphatic heterocycles. The summed E-state index contributed by atoms with van der Waals surface area (Å²) < 4.78 is 4.75. The molecule has 180 valence electrons. The van der Waals surface area contributed by atoms with Crippen LogP contribution in [0, 0.1) is 17.8 Å². The van der Waals surface area contributed by atoms with Crippen molar-refractivity contribution in [3.8, 4) is 0 Å². The van der Waals surface area contributed by atoms with Crippen molar-refractivity contribution < 1.29 is 24.2 Å². The molecule has 8 heteroatoms. The largest absolute Gasteiger partial charge is 0.466 e. The molecule has 4 fully saturated rings. The number of esters is 1.